The van der Waals surface area contributed by atoms with Gasteiger partial charge in [0.1, 0.15) is 0 Å². The summed E-state index contributed by atoms with van der Waals surface area (Å²) in [7, 11) is 0. The number of fused-ring (bicyclic) bond motifs is 1. The standard InChI is InChI=1S/C25H34N4O5/c1-4-32-21-15-18(16-22(33-5-2)23(21)34-6-3)24(30)27-11-13-28(14-12-27)25(31)19-17-26-29-10-8-7-9-20(19)29/h15-17H,4-14H2,1-3H3. The van der Waals surface area contributed by atoms with E-state index in [1.807, 2.05) is 30.4 Å². The van der Waals surface area contributed by atoms with Gasteiger partial charge in [0.15, 0.2) is 11.5 Å². The third kappa shape index (κ3) is 4.83. The van der Waals surface area contributed by atoms with Crippen molar-refractivity contribution in [2.45, 2.75) is 46.6 Å². The Hall–Kier alpha value is -3.23. The third-order valence-corrected chi connectivity index (χ3v) is 6.22. The van der Waals surface area contributed by atoms with Crippen LogP contribution in [0.15, 0.2) is 18.3 Å². The summed E-state index contributed by atoms with van der Waals surface area (Å²) in [5.74, 6) is 1.41. The van der Waals surface area contributed by atoms with E-state index in [1.54, 1.807) is 23.2 Å². The van der Waals surface area contributed by atoms with Crippen molar-refractivity contribution >= 4 is 11.8 Å². The first-order valence-electron chi connectivity index (χ1n) is 12.3. The maximum absolute atomic E-state index is 13.3. The molecule has 9 nitrogen and oxygen atoms in total. The number of carbonyl (C=O) groups excluding carboxylic acids is 2. The number of aromatic nitrogens is 2. The van der Waals surface area contributed by atoms with E-state index in [4.69, 9.17) is 14.2 Å². The lowest BCUT2D eigenvalue weighted by Crippen LogP contribution is -2.50. The molecular weight excluding hydrogens is 436 g/mol. The Morgan fingerprint density at radius 1 is 0.824 bits per heavy atom. The van der Waals surface area contributed by atoms with Crippen molar-refractivity contribution < 1.29 is 23.8 Å². The summed E-state index contributed by atoms with van der Waals surface area (Å²) in [5, 5.41) is 4.39. The zero-order valence-electron chi connectivity index (χ0n) is 20.3. The summed E-state index contributed by atoms with van der Waals surface area (Å²) in [6, 6.07) is 3.44. The first-order chi connectivity index (χ1) is 16.6. The number of rotatable bonds is 8. The first kappa shape index (κ1) is 23.9. The van der Waals surface area contributed by atoms with Gasteiger partial charge in [0.05, 0.1) is 37.3 Å². The molecule has 0 bridgehead atoms. The monoisotopic (exact) mass is 470 g/mol. The molecule has 0 unspecified atom stereocenters. The zero-order valence-corrected chi connectivity index (χ0v) is 20.3. The Balaban J connectivity index is 1.46. The van der Waals surface area contributed by atoms with Crippen LogP contribution in [0.25, 0.3) is 0 Å². The normalized spacial score (nSPS) is 15.6. The molecule has 2 aliphatic rings. The maximum Gasteiger partial charge on any atom is 0.257 e. The number of benzene rings is 1. The van der Waals surface area contributed by atoms with Gasteiger partial charge in [-0.25, -0.2) is 0 Å². The minimum absolute atomic E-state index is 0.00794. The molecule has 1 aromatic carbocycles. The second-order valence-corrected chi connectivity index (χ2v) is 8.37. The van der Waals surface area contributed by atoms with E-state index in [1.165, 1.54) is 0 Å². The summed E-state index contributed by atoms with van der Waals surface area (Å²) < 4.78 is 19.2. The topological polar surface area (TPSA) is 86.1 Å². The quantitative estimate of drug-likeness (QED) is 0.590. The first-order valence-corrected chi connectivity index (χ1v) is 12.3. The van der Waals surface area contributed by atoms with Crippen LogP contribution in [0.5, 0.6) is 17.2 Å². The molecular formula is C25H34N4O5. The highest BCUT2D eigenvalue weighted by Crippen LogP contribution is 2.39. The molecule has 0 N–H and O–H groups in total. The summed E-state index contributed by atoms with van der Waals surface area (Å²) in [5.41, 5.74) is 2.23. The summed E-state index contributed by atoms with van der Waals surface area (Å²) in [6.45, 7) is 9.81. The van der Waals surface area contributed by atoms with Crippen molar-refractivity contribution in [1.29, 1.82) is 0 Å². The number of carbonyl (C=O) groups is 2. The molecule has 34 heavy (non-hydrogen) atoms. The molecule has 0 saturated carbocycles. The molecule has 0 atom stereocenters. The van der Waals surface area contributed by atoms with Crippen LogP contribution in [0.3, 0.4) is 0 Å². The Kier molecular flexibility index (Phi) is 7.59. The molecule has 0 aliphatic carbocycles. The van der Waals surface area contributed by atoms with Gasteiger partial charge in [-0.05, 0) is 52.2 Å². The minimum Gasteiger partial charge on any atom is -0.490 e. The van der Waals surface area contributed by atoms with Gasteiger partial charge in [-0.2, -0.15) is 5.10 Å². The predicted octanol–water partition coefficient (Wildman–Crippen LogP) is 3.01. The predicted molar refractivity (Wildman–Crippen MR) is 127 cm³/mol. The van der Waals surface area contributed by atoms with E-state index in [-0.39, 0.29) is 11.8 Å². The van der Waals surface area contributed by atoms with Crippen LogP contribution in [-0.4, -0.2) is 77.4 Å². The van der Waals surface area contributed by atoms with Gasteiger partial charge in [-0.3, -0.25) is 14.3 Å². The zero-order chi connectivity index (χ0) is 24.1. The van der Waals surface area contributed by atoms with Gasteiger partial charge >= 0.3 is 0 Å². The Bertz CT molecular complexity index is 999. The molecule has 2 aliphatic heterocycles. The van der Waals surface area contributed by atoms with Crippen molar-refractivity contribution in [3.05, 3.63) is 35.2 Å². The SMILES string of the molecule is CCOc1cc(C(=O)N2CCN(C(=O)c3cnn4c3CCCC4)CC2)cc(OCC)c1OCC. The van der Waals surface area contributed by atoms with Crippen molar-refractivity contribution in [2.75, 3.05) is 46.0 Å². The van der Waals surface area contributed by atoms with Crippen LogP contribution in [0.4, 0.5) is 0 Å². The van der Waals surface area contributed by atoms with E-state index < -0.39 is 0 Å². The molecule has 1 fully saturated rings. The molecule has 2 aromatic rings. The smallest absolute Gasteiger partial charge is 0.257 e. The van der Waals surface area contributed by atoms with E-state index in [2.05, 4.69) is 5.10 Å². The van der Waals surface area contributed by atoms with Gasteiger partial charge in [-0.15, -0.1) is 0 Å². The van der Waals surface area contributed by atoms with E-state index in [0.717, 1.165) is 31.5 Å². The third-order valence-electron chi connectivity index (χ3n) is 6.22. The van der Waals surface area contributed by atoms with Gasteiger partial charge in [0.25, 0.3) is 11.8 Å². The van der Waals surface area contributed by atoms with Crippen LogP contribution in [0.1, 0.15) is 60.0 Å². The van der Waals surface area contributed by atoms with Crippen LogP contribution >= 0.6 is 0 Å². The molecule has 2 amide bonds. The van der Waals surface area contributed by atoms with E-state index in [9.17, 15) is 9.59 Å². The van der Waals surface area contributed by atoms with Crippen LogP contribution in [0, 0.1) is 0 Å². The summed E-state index contributed by atoms with van der Waals surface area (Å²) in [6.07, 6.45) is 4.78. The van der Waals surface area contributed by atoms with E-state index in [0.29, 0.717) is 74.4 Å². The number of nitrogens with zero attached hydrogens (tertiary/aromatic N) is 4. The number of hydrogen-bond donors (Lipinski definition) is 0. The van der Waals surface area contributed by atoms with Gasteiger partial charge in [-0.1, -0.05) is 0 Å². The highest BCUT2D eigenvalue weighted by Gasteiger charge is 2.29. The molecule has 3 heterocycles. The van der Waals surface area contributed by atoms with Crippen LogP contribution in [0.2, 0.25) is 0 Å². The summed E-state index contributed by atoms with van der Waals surface area (Å²) in [4.78, 5) is 30.1. The lowest BCUT2D eigenvalue weighted by molar-refractivity contribution is 0.0534. The number of amides is 2. The van der Waals surface area contributed by atoms with Gasteiger partial charge in [0.2, 0.25) is 5.75 Å². The number of aryl methyl sites for hydroxylation is 1. The largest absolute Gasteiger partial charge is 0.490 e. The lowest BCUT2D eigenvalue weighted by atomic mass is 10.1. The van der Waals surface area contributed by atoms with Crippen LogP contribution < -0.4 is 14.2 Å². The van der Waals surface area contributed by atoms with Crippen molar-refractivity contribution in [2.24, 2.45) is 0 Å². The fraction of sp³-hybridized carbons (Fsp3) is 0.560. The van der Waals surface area contributed by atoms with E-state index >= 15 is 0 Å². The van der Waals surface area contributed by atoms with Crippen LogP contribution in [-0.2, 0) is 13.0 Å². The Morgan fingerprint density at radius 3 is 2.00 bits per heavy atom. The second kappa shape index (κ2) is 10.8. The van der Waals surface area contributed by atoms with Gasteiger partial charge < -0.3 is 24.0 Å². The van der Waals surface area contributed by atoms with Crippen molar-refractivity contribution in [1.82, 2.24) is 19.6 Å². The molecule has 0 radical (unpaired) electrons. The average molecular weight is 471 g/mol. The second-order valence-electron chi connectivity index (χ2n) is 8.37. The average Bonchev–Trinajstić information content (AvgIpc) is 3.29. The number of hydrogen-bond acceptors (Lipinski definition) is 6. The molecule has 1 saturated heterocycles. The molecule has 0 spiro atoms. The summed E-state index contributed by atoms with van der Waals surface area (Å²) >= 11 is 0. The maximum atomic E-state index is 13.3. The lowest BCUT2D eigenvalue weighted by Gasteiger charge is -2.35. The Labute approximate surface area is 200 Å². The molecule has 9 heteroatoms. The van der Waals surface area contributed by atoms with Gasteiger partial charge in [0, 0.05) is 38.3 Å². The minimum atomic E-state index is -0.111. The molecule has 4 rings (SSSR count). The number of piperazine rings is 1. The fourth-order valence-corrected chi connectivity index (χ4v) is 4.58. The molecule has 1 aromatic heterocycles. The number of ether oxygens (including phenoxy) is 3. The molecule has 184 valence electrons. The highest BCUT2D eigenvalue weighted by molar-refractivity contribution is 5.97. The van der Waals surface area contributed by atoms with Crippen molar-refractivity contribution in [3.8, 4) is 17.2 Å². The van der Waals surface area contributed by atoms with Crippen molar-refractivity contribution in [3.63, 3.8) is 0 Å². The highest BCUT2D eigenvalue weighted by atomic mass is 16.5. The Morgan fingerprint density at radius 2 is 1.41 bits per heavy atom. The fourth-order valence-electron chi connectivity index (χ4n) is 4.58.